The van der Waals surface area contributed by atoms with Crippen molar-refractivity contribution in [3.8, 4) is 5.75 Å². The Balaban J connectivity index is 2.21. The summed E-state index contributed by atoms with van der Waals surface area (Å²) in [5.74, 6) is 0.251. The Hall–Kier alpha value is -2.82. The third-order valence-electron chi connectivity index (χ3n) is 3.27. The zero-order valence-electron chi connectivity index (χ0n) is 12.6. The summed E-state index contributed by atoms with van der Waals surface area (Å²) in [7, 11) is 1.50. The topological polar surface area (TPSA) is 67.4 Å². The minimum Gasteiger partial charge on any atom is -0.495 e. The van der Waals surface area contributed by atoms with Crippen LogP contribution in [0, 0.1) is 0 Å². The van der Waals surface area contributed by atoms with Gasteiger partial charge in [-0.25, -0.2) is 0 Å². The number of carbonyl (C=O) groups excluding carboxylic acids is 2. The summed E-state index contributed by atoms with van der Waals surface area (Å²) < 4.78 is 5.13. The molecule has 2 N–H and O–H groups in total. The number of nitrogens with one attached hydrogen (secondary N) is 2. The number of carbonyl (C=O) groups is 2. The zero-order valence-corrected chi connectivity index (χ0v) is 12.6. The molecule has 0 aliphatic rings. The van der Waals surface area contributed by atoms with Gasteiger partial charge in [0.05, 0.1) is 12.8 Å². The van der Waals surface area contributed by atoms with E-state index in [-0.39, 0.29) is 5.91 Å². The fraction of sp³-hybridized carbons (Fsp3) is 0.176. The smallest absolute Gasteiger partial charge is 0.255 e. The van der Waals surface area contributed by atoms with Gasteiger partial charge in [-0.15, -0.1) is 0 Å². The second kappa shape index (κ2) is 7.26. The van der Waals surface area contributed by atoms with Crippen LogP contribution < -0.4 is 15.4 Å². The molecule has 5 heteroatoms. The lowest BCUT2D eigenvalue weighted by atomic mass is 10.1. The maximum Gasteiger partial charge on any atom is 0.255 e. The van der Waals surface area contributed by atoms with Gasteiger partial charge in [0.2, 0.25) is 6.41 Å². The van der Waals surface area contributed by atoms with Gasteiger partial charge in [0.25, 0.3) is 5.91 Å². The number of aryl methyl sites for hydroxylation is 1. The lowest BCUT2D eigenvalue weighted by molar-refractivity contribution is -0.105. The van der Waals surface area contributed by atoms with Gasteiger partial charge < -0.3 is 15.4 Å². The van der Waals surface area contributed by atoms with E-state index in [1.807, 2.05) is 24.3 Å². The van der Waals surface area contributed by atoms with Crippen LogP contribution in [0.5, 0.6) is 5.75 Å². The second-order valence-electron chi connectivity index (χ2n) is 4.69. The molecule has 2 aromatic rings. The largest absolute Gasteiger partial charge is 0.495 e. The number of methoxy groups -OCH3 is 1. The van der Waals surface area contributed by atoms with E-state index in [2.05, 4.69) is 17.6 Å². The van der Waals surface area contributed by atoms with E-state index in [1.165, 1.54) is 7.11 Å². The minimum atomic E-state index is -0.246. The summed E-state index contributed by atoms with van der Waals surface area (Å²) in [6.07, 6.45) is 1.45. The maximum absolute atomic E-state index is 12.3. The second-order valence-corrected chi connectivity index (χ2v) is 4.69. The third-order valence-corrected chi connectivity index (χ3v) is 3.27. The Labute approximate surface area is 129 Å². The van der Waals surface area contributed by atoms with Crippen molar-refractivity contribution < 1.29 is 14.3 Å². The Kier molecular flexibility index (Phi) is 5.14. The van der Waals surface area contributed by atoms with Gasteiger partial charge in [-0.1, -0.05) is 19.1 Å². The first-order valence-corrected chi connectivity index (χ1v) is 6.96. The van der Waals surface area contributed by atoms with Gasteiger partial charge in [-0.2, -0.15) is 0 Å². The molecular weight excluding hydrogens is 280 g/mol. The SMILES string of the molecule is CCc1cccc(NC(=O)c2ccc(OC)c(NC=O)c2)c1. The molecule has 0 aliphatic heterocycles. The van der Waals surface area contributed by atoms with E-state index >= 15 is 0 Å². The van der Waals surface area contributed by atoms with Crippen molar-refractivity contribution in [1.82, 2.24) is 0 Å². The van der Waals surface area contributed by atoms with E-state index in [4.69, 9.17) is 4.74 Å². The van der Waals surface area contributed by atoms with E-state index in [0.717, 1.165) is 17.7 Å². The molecule has 114 valence electrons. The Morgan fingerprint density at radius 2 is 2.05 bits per heavy atom. The number of hydrogen-bond donors (Lipinski definition) is 2. The van der Waals surface area contributed by atoms with Crippen LogP contribution in [-0.2, 0) is 11.2 Å². The summed E-state index contributed by atoms with van der Waals surface area (Å²) in [6, 6.07) is 12.6. The summed E-state index contributed by atoms with van der Waals surface area (Å²) in [4.78, 5) is 22.9. The molecule has 22 heavy (non-hydrogen) atoms. The van der Waals surface area contributed by atoms with E-state index in [1.54, 1.807) is 18.2 Å². The van der Waals surface area contributed by atoms with Gasteiger partial charge in [-0.3, -0.25) is 9.59 Å². The lowest BCUT2D eigenvalue weighted by Gasteiger charge is -2.10. The molecule has 2 amide bonds. The van der Waals surface area contributed by atoms with Crippen molar-refractivity contribution in [3.63, 3.8) is 0 Å². The zero-order chi connectivity index (χ0) is 15.9. The van der Waals surface area contributed by atoms with Crippen LogP contribution in [0.4, 0.5) is 11.4 Å². The number of ether oxygens (including phenoxy) is 1. The molecule has 2 aromatic carbocycles. The van der Waals surface area contributed by atoms with Crippen LogP contribution in [0.15, 0.2) is 42.5 Å². The molecule has 0 unspecified atom stereocenters. The fourth-order valence-corrected chi connectivity index (χ4v) is 2.10. The molecule has 0 spiro atoms. The van der Waals surface area contributed by atoms with Crippen molar-refractivity contribution in [2.24, 2.45) is 0 Å². The number of amides is 2. The Morgan fingerprint density at radius 3 is 2.73 bits per heavy atom. The summed E-state index contributed by atoms with van der Waals surface area (Å²) >= 11 is 0. The molecule has 0 atom stereocenters. The minimum absolute atomic E-state index is 0.246. The molecule has 0 radical (unpaired) electrons. The predicted octanol–water partition coefficient (Wildman–Crippen LogP) is 3.08. The fourth-order valence-electron chi connectivity index (χ4n) is 2.10. The van der Waals surface area contributed by atoms with Crippen LogP contribution in [0.25, 0.3) is 0 Å². The predicted molar refractivity (Wildman–Crippen MR) is 86.5 cm³/mol. The summed E-state index contributed by atoms with van der Waals surface area (Å²) in [6.45, 7) is 2.06. The van der Waals surface area contributed by atoms with Crippen molar-refractivity contribution >= 4 is 23.7 Å². The van der Waals surface area contributed by atoms with Gasteiger partial charge >= 0.3 is 0 Å². The third kappa shape index (κ3) is 3.63. The molecule has 0 bridgehead atoms. The van der Waals surface area contributed by atoms with Crippen molar-refractivity contribution in [1.29, 1.82) is 0 Å². The molecule has 2 rings (SSSR count). The average molecular weight is 298 g/mol. The van der Waals surface area contributed by atoms with E-state index in [9.17, 15) is 9.59 Å². The van der Waals surface area contributed by atoms with Crippen LogP contribution in [0.2, 0.25) is 0 Å². The van der Waals surface area contributed by atoms with Crippen molar-refractivity contribution in [2.45, 2.75) is 13.3 Å². The highest BCUT2D eigenvalue weighted by Crippen LogP contribution is 2.25. The first kappa shape index (κ1) is 15.6. The quantitative estimate of drug-likeness (QED) is 0.805. The molecule has 0 fully saturated rings. The number of rotatable bonds is 6. The summed E-state index contributed by atoms with van der Waals surface area (Å²) in [5, 5.41) is 5.36. The van der Waals surface area contributed by atoms with Crippen molar-refractivity contribution in [3.05, 3.63) is 53.6 Å². The van der Waals surface area contributed by atoms with Crippen LogP contribution in [0.1, 0.15) is 22.8 Å². The number of benzene rings is 2. The van der Waals surface area contributed by atoms with Crippen LogP contribution in [0.3, 0.4) is 0 Å². The Bertz CT molecular complexity index is 683. The molecule has 0 aliphatic carbocycles. The lowest BCUT2D eigenvalue weighted by Crippen LogP contribution is -2.12. The molecule has 0 saturated carbocycles. The molecule has 5 nitrogen and oxygen atoms in total. The molecule has 0 aromatic heterocycles. The number of anilines is 2. The summed E-state index contributed by atoms with van der Waals surface area (Å²) in [5.41, 5.74) is 2.78. The standard InChI is InChI=1S/C17H18N2O3/c1-3-12-5-4-6-14(9-12)19-17(21)13-7-8-16(22-2)15(10-13)18-11-20/h4-11H,3H2,1-2H3,(H,18,20)(H,19,21). The van der Waals surface area contributed by atoms with E-state index in [0.29, 0.717) is 23.4 Å². The monoisotopic (exact) mass is 298 g/mol. The van der Waals surface area contributed by atoms with Crippen LogP contribution in [-0.4, -0.2) is 19.4 Å². The van der Waals surface area contributed by atoms with Gasteiger partial charge in [0.1, 0.15) is 5.75 Å². The first-order valence-electron chi connectivity index (χ1n) is 6.96. The molecule has 0 saturated heterocycles. The normalized spacial score (nSPS) is 9.91. The molecule has 0 heterocycles. The average Bonchev–Trinajstić information content (AvgIpc) is 2.55. The maximum atomic E-state index is 12.3. The van der Waals surface area contributed by atoms with Crippen molar-refractivity contribution in [2.75, 3.05) is 17.7 Å². The Morgan fingerprint density at radius 1 is 1.23 bits per heavy atom. The number of hydrogen-bond acceptors (Lipinski definition) is 3. The highest BCUT2D eigenvalue weighted by atomic mass is 16.5. The van der Waals surface area contributed by atoms with Crippen LogP contribution >= 0.6 is 0 Å². The molecular formula is C17H18N2O3. The van der Waals surface area contributed by atoms with E-state index < -0.39 is 0 Å². The van der Waals surface area contributed by atoms with Gasteiger partial charge in [0, 0.05) is 11.3 Å². The first-order chi connectivity index (χ1) is 10.7. The van der Waals surface area contributed by atoms with Gasteiger partial charge in [0.15, 0.2) is 0 Å². The van der Waals surface area contributed by atoms with Gasteiger partial charge in [-0.05, 0) is 42.3 Å². The highest BCUT2D eigenvalue weighted by Gasteiger charge is 2.10. The highest BCUT2D eigenvalue weighted by molar-refractivity contribution is 6.05.